The Labute approximate surface area is 215 Å². The second kappa shape index (κ2) is 9.04. The van der Waals surface area contributed by atoms with Gasteiger partial charge >= 0.3 is 37.7 Å². The van der Waals surface area contributed by atoms with Gasteiger partial charge in [-0.2, -0.15) is 10.4 Å². The Morgan fingerprint density at radius 2 is 0.871 bits per heavy atom. The Morgan fingerprint density at radius 1 is 0.548 bits per heavy atom. The molecule has 0 saturated heterocycles. The molecule has 0 atom stereocenters. The van der Waals surface area contributed by atoms with Crippen molar-refractivity contribution in [1.82, 2.24) is 0 Å². The Bertz CT molecular complexity index is 1110. The van der Waals surface area contributed by atoms with Gasteiger partial charge in [0, 0.05) is 22.3 Å². The summed E-state index contributed by atoms with van der Waals surface area (Å²) in [7, 11) is -5.14. The van der Waals surface area contributed by atoms with Crippen molar-refractivity contribution < 1.29 is 37.7 Å². The van der Waals surface area contributed by atoms with Crippen LogP contribution in [0, 0.1) is 13.8 Å². The van der Waals surface area contributed by atoms with E-state index in [1.54, 1.807) is 10.4 Å². The molecule has 0 unspecified atom stereocenters. The van der Waals surface area contributed by atoms with Gasteiger partial charge in [0.2, 0.25) is 0 Å². The van der Waals surface area contributed by atoms with Crippen LogP contribution in [0.1, 0.15) is 11.1 Å². The Morgan fingerprint density at radius 3 is 1.19 bits per heavy atom. The molecule has 0 saturated carbocycles. The normalized spacial score (nSPS) is 12.6. The zero-order valence-electron chi connectivity index (χ0n) is 21.3. The minimum atomic E-state index is -1.99. The van der Waals surface area contributed by atoms with Crippen molar-refractivity contribution in [3.63, 3.8) is 0 Å². The molecule has 0 N–H and O–H groups in total. The van der Waals surface area contributed by atoms with Gasteiger partial charge in [0.25, 0.3) is 0 Å². The van der Waals surface area contributed by atoms with E-state index in [0.29, 0.717) is 0 Å². The number of rotatable bonds is 4. The van der Waals surface area contributed by atoms with Crippen molar-refractivity contribution in [3.8, 4) is 0 Å². The summed E-state index contributed by atoms with van der Waals surface area (Å²) in [6, 6.07) is 23.2. The molecule has 152 valence electrons. The molecule has 0 heterocycles. The first-order valence-corrected chi connectivity index (χ1v) is 21.8. The average molecular weight is 445 g/mol. The van der Waals surface area contributed by atoms with Crippen LogP contribution < -0.4 is 48.1 Å². The fourth-order valence-corrected chi connectivity index (χ4v) is 54.6. The van der Waals surface area contributed by atoms with Crippen LogP contribution in [0.2, 0.25) is 39.3 Å². The molecule has 0 aliphatic heterocycles. The van der Waals surface area contributed by atoms with Gasteiger partial charge in [0.15, 0.2) is 0 Å². The van der Waals surface area contributed by atoms with Gasteiger partial charge in [-0.25, -0.2) is 0 Å². The fourth-order valence-electron chi connectivity index (χ4n) is 6.48. The largest absolute Gasteiger partial charge is 1.00 e. The van der Waals surface area contributed by atoms with Crippen LogP contribution in [-0.4, -0.2) is 22.3 Å². The summed E-state index contributed by atoms with van der Waals surface area (Å²) in [4.78, 5) is 0. The molecule has 0 nitrogen and oxygen atoms in total. The Hall–Kier alpha value is -0.495. The van der Waals surface area contributed by atoms with Gasteiger partial charge < -0.3 is 0 Å². The molecular weight excluding hydrogens is 410 g/mol. The second-order valence-electron chi connectivity index (χ2n) is 10.8. The summed E-state index contributed by atoms with van der Waals surface area (Å²) < 4.78 is 0. The van der Waals surface area contributed by atoms with Crippen molar-refractivity contribution in [2.75, 3.05) is 0 Å². The van der Waals surface area contributed by atoms with Crippen LogP contribution in [0.5, 0.6) is 0 Å². The monoisotopic (exact) mass is 444 g/mol. The molecule has 0 amide bonds. The molecule has 0 spiro atoms. The Balaban J connectivity index is 0.00000171. The van der Waals surface area contributed by atoms with Gasteiger partial charge in [-0.15, -0.1) is 81.2 Å². The molecule has 5 heteroatoms. The van der Waals surface area contributed by atoms with E-state index >= 15 is 0 Å². The van der Waals surface area contributed by atoms with E-state index in [1.807, 2.05) is 0 Å². The van der Waals surface area contributed by atoms with E-state index in [4.69, 9.17) is 0 Å². The number of hydrogen-bond donors (Lipinski definition) is 0. The molecule has 0 bridgehead atoms. The predicted molar refractivity (Wildman–Crippen MR) is 140 cm³/mol. The third-order valence-electron chi connectivity index (χ3n) is 6.99. The predicted octanol–water partition coefficient (Wildman–Crippen LogP) is 0.452. The van der Waals surface area contributed by atoms with Crippen molar-refractivity contribution in [1.29, 1.82) is 0 Å². The van der Waals surface area contributed by atoms with Gasteiger partial charge in [0.05, 0.1) is 0 Å². The first kappa shape index (κ1) is 26.8. The Kier molecular flexibility index (Phi) is 7.80. The SMILES string of the molecule is Cc1[cH-]c2ccccc2c1[Si](c1c(C)[cH-]c2ccccc12)([Si](C)(C)C)[Si](C)(C)C.[Li+].[Li+]. The maximum absolute atomic E-state index is 2.67. The topological polar surface area (TPSA) is 0 Å². The molecule has 0 aliphatic carbocycles. The van der Waals surface area contributed by atoms with E-state index in [1.165, 1.54) is 32.7 Å². The van der Waals surface area contributed by atoms with Crippen LogP contribution in [0.4, 0.5) is 0 Å². The van der Waals surface area contributed by atoms with Crippen molar-refractivity contribution in [3.05, 3.63) is 71.8 Å². The van der Waals surface area contributed by atoms with E-state index < -0.39 is 22.3 Å². The zero-order chi connectivity index (χ0) is 21.2. The van der Waals surface area contributed by atoms with Gasteiger partial charge in [-0.05, 0) is 0 Å². The van der Waals surface area contributed by atoms with Crippen molar-refractivity contribution >= 4 is 54.2 Å². The summed E-state index contributed by atoms with van der Waals surface area (Å²) in [5, 5.41) is 9.47. The maximum Gasteiger partial charge on any atom is 1.00 e. The van der Waals surface area contributed by atoms with E-state index in [9.17, 15) is 0 Å². The number of fused-ring (bicyclic) bond motifs is 2. The molecule has 31 heavy (non-hydrogen) atoms. The summed E-state index contributed by atoms with van der Waals surface area (Å²) in [6.07, 6.45) is 0. The van der Waals surface area contributed by atoms with Crippen LogP contribution in [-0.2, 0) is 0 Å². The van der Waals surface area contributed by atoms with Gasteiger partial charge in [0.1, 0.15) is 0 Å². The van der Waals surface area contributed by atoms with Crippen LogP contribution in [0.25, 0.3) is 21.5 Å². The minimum absolute atomic E-state index is 0. The van der Waals surface area contributed by atoms with Gasteiger partial charge in [-0.3, -0.25) is 0 Å². The third-order valence-corrected chi connectivity index (χ3v) is 44.3. The number of hydrogen-bond acceptors (Lipinski definition) is 0. The standard InChI is InChI=1S/C26H34Si3.2Li/c1-19-17-21-13-9-11-15-23(21)25(19)29(27(3,4)5,28(6,7)8)26-20(2)18-22-14-10-12-16-24(22)26;;/h9-18H,1-8H3;;/q-2;2*+1. The first-order chi connectivity index (χ1) is 13.5. The minimum Gasteiger partial charge on any atom is -0.162 e. The summed E-state index contributed by atoms with van der Waals surface area (Å²) in [5.41, 5.74) is 3.07. The molecule has 4 aromatic rings. The van der Waals surface area contributed by atoms with Crippen LogP contribution in [0.3, 0.4) is 0 Å². The molecule has 4 rings (SSSR count). The molecule has 4 aromatic carbocycles. The van der Waals surface area contributed by atoms with Crippen molar-refractivity contribution in [2.24, 2.45) is 0 Å². The first-order valence-electron chi connectivity index (χ1n) is 10.8. The van der Waals surface area contributed by atoms with Crippen molar-refractivity contribution in [2.45, 2.75) is 53.1 Å². The number of benzene rings is 2. The summed E-state index contributed by atoms with van der Waals surface area (Å²) in [6.45, 7) is 20.8. The summed E-state index contributed by atoms with van der Waals surface area (Å²) >= 11 is 0. The molecule has 0 radical (unpaired) electrons. The third kappa shape index (κ3) is 3.92. The molecule has 0 fully saturated rings. The average Bonchev–Trinajstić information content (AvgIpc) is 3.11. The summed E-state index contributed by atoms with van der Waals surface area (Å²) in [5.74, 6) is 0. The second-order valence-corrected chi connectivity index (χ2v) is 37.3. The maximum atomic E-state index is 2.67. The number of aryl methyl sites for hydroxylation is 2. The smallest absolute Gasteiger partial charge is 0.162 e. The van der Waals surface area contributed by atoms with Crippen LogP contribution >= 0.6 is 0 Å². The van der Waals surface area contributed by atoms with Crippen LogP contribution in [0.15, 0.2) is 60.7 Å². The molecular formula is C26H34Li2Si3. The quantitative estimate of drug-likeness (QED) is 0.317. The molecule has 0 aliphatic rings. The zero-order valence-corrected chi connectivity index (χ0v) is 24.3. The van der Waals surface area contributed by atoms with E-state index in [2.05, 4.69) is 114 Å². The molecule has 0 aromatic heterocycles. The van der Waals surface area contributed by atoms with E-state index in [-0.39, 0.29) is 37.7 Å². The van der Waals surface area contributed by atoms with Gasteiger partial charge in [-0.1, -0.05) is 65.3 Å². The fraction of sp³-hybridized carbons (Fsp3) is 0.308. The van der Waals surface area contributed by atoms with E-state index in [0.717, 1.165) is 0 Å².